The third kappa shape index (κ3) is 38.9. The van der Waals surface area contributed by atoms with Gasteiger partial charge in [-0.1, -0.05) is 228 Å². The molecule has 0 saturated carbocycles. The van der Waals surface area contributed by atoms with Crippen LogP contribution in [0.3, 0.4) is 0 Å². The Morgan fingerprint density at radius 3 is 1.38 bits per heavy atom. The third-order valence-corrected chi connectivity index (χ3v) is 14.3. The van der Waals surface area contributed by atoms with Crippen LogP contribution in [0.25, 0.3) is 0 Å². The van der Waals surface area contributed by atoms with Gasteiger partial charge in [0.2, 0.25) is 5.91 Å². The predicted molar refractivity (Wildman–Crippen MR) is 302 cm³/mol. The summed E-state index contributed by atoms with van der Waals surface area (Å²) in [5, 5.41) is 75.9. The van der Waals surface area contributed by atoms with Crippen molar-refractivity contribution in [3.63, 3.8) is 0 Å². The summed E-state index contributed by atoms with van der Waals surface area (Å²) in [7, 11) is 0. The monoisotopic (exact) mass is 1030 g/mol. The molecule has 1 saturated heterocycles. The molecule has 0 aromatic carbocycles. The number of carbonyl (C=O) groups is 1. The number of hydrogen-bond acceptors (Lipinski definition) is 10. The Kier molecular flexibility index (Phi) is 47.7. The van der Waals surface area contributed by atoms with Crippen molar-refractivity contribution in [3.05, 3.63) is 60.8 Å². The van der Waals surface area contributed by atoms with Gasteiger partial charge >= 0.3 is 0 Å². The maximum atomic E-state index is 13.2. The van der Waals surface area contributed by atoms with Crippen molar-refractivity contribution in [1.29, 1.82) is 0 Å². The zero-order valence-corrected chi connectivity index (χ0v) is 46.6. The Bertz CT molecular complexity index is 1370. The number of ether oxygens (including phenoxy) is 2. The molecule has 73 heavy (non-hydrogen) atoms. The van der Waals surface area contributed by atoms with Crippen molar-refractivity contribution in [1.82, 2.24) is 5.32 Å². The first kappa shape index (κ1) is 68.8. The second-order valence-electron chi connectivity index (χ2n) is 21.1. The minimum absolute atomic E-state index is 0.239. The first-order valence-electron chi connectivity index (χ1n) is 30.2. The highest BCUT2D eigenvalue weighted by Crippen LogP contribution is 2.23. The van der Waals surface area contributed by atoms with Crippen molar-refractivity contribution in [2.45, 2.75) is 313 Å². The van der Waals surface area contributed by atoms with Gasteiger partial charge < -0.3 is 50.5 Å². The molecule has 9 unspecified atom stereocenters. The molecule has 0 aliphatic carbocycles. The van der Waals surface area contributed by atoms with E-state index in [4.69, 9.17) is 9.47 Å². The lowest BCUT2D eigenvalue weighted by Crippen LogP contribution is -2.60. The molecule has 11 heteroatoms. The molecule has 9 atom stereocenters. The summed E-state index contributed by atoms with van der Waals surface area (Å²) in [6.07, 6.45) is 54.7. The van der Waals surface area contributed by atoms with Crippen LogP contribution in [0, 0.1) is 0 Å². The lowest BCUT2D eigenvalue weighted by molar-refractivity contribution is -0.303. The second-order valence-corrected chi connectivity index (χ2v) is 21.1. The Morgan fingerprint density at radius 2 is 0.918 bits per heavy atom. The summed E-state index contributed by atoms with van der Waals surface area (Å²) in [4.78, 5) is 13.2. The van der Waals surface area contributed by atoms with Gasteiger partial charge in [0.15, 0.2) is 6.29 Å². The van der Waals surface area contributed by atoms with Crippen LogP contribution in [-0.4, -0.2) is 110 Å². The summed E-state index contributed by atoms with van der Waals surface area (Å²) in [6, 6.07) is -1.20. The standard InChI is InChI=1S/C62H113NO10/c1-3-5-7-9-11-13-15-17-18-19-20-21-22-23-24-25-26-27-28-29-30-31-32-33-34-35-36-37-38-40-42-44-46-48-50-55(66)61(71)63-53(52-72-62-60(70)59(69)58(68)56(51-64)73-62)57(67)54(65)49-47-45-43-41-39-16-14-12-10-8-6-4-2/h4,6,12,14,22-23,25-26,41,43,53-60,62,64-70H,3,5,7-11,13,15-21,24,27-40,42,44-52H2,1-2H3,(H,63,71)/b6-4+,14-12+,23-22-,26-25-,43-41+. The van der Waals surface area contributed by atoms with Crippen LogP contribution >= 0.6 is 0 Å². The fraction of sp³-hybridized carbons (Fsp3) is 0.823. The van der Waals surface area contributed by atoms with Crippen molar-refractivity contribution in [2.24, 2.45) is 0 Å². The quantitative estimate of drug-likeness (QED) is 0.0215. The highest BCUT2D eigenvalue weighted by molar-refractivity contribution is 5.80. The van der Waals surface area contributed by atoms with Gasteiger partial charge in [0.25, 0.3) is 0 Å². The van der Waals surface area contributed by atoms with E-state index in [0.717, 1.165) is 51.4 Å². The molecule has 0 bridgehead atoms. The Morgan fingerprint density at radius 1 is 0.507 bits per heavy atom. The normalized spacial score (nSPS) is 20.4. The summed E-state index contributed by atoms with van der Waals surface area (Å²) >= 11 is 0. The van der Waals surface area contributed by atoms with E-state index in [-0.39, 0.29) is 12.8 Å². The molecule has 0 aromatic heterocycles. The van der Waals surface area contributed by atoms with E-state index in [1.807, 2.05) is 6.92 Å². The van der Waals surface area contributed by atoms with Crippen molar-refractivity contribution < 1.29 is 50.0 Å². The number of hydrogen-bond donors (Lipinski definition) is 8. The first-order chi connectivity index (χ1) is 35.7. The second kappa shape index (κ2) is 50.6. The van der Waals surface area contributed by atoms with Gasteiger partial charge in [-0.05, 0) is 90.4 Å². The maximum Gasteiger partial charge on any atom is 0.249 e. The summed E-state index contributed by atoms with van der Waals surface area (Å²) in [6.45, 7) is 3.22. The van der Waals surface area contributed by atoms with Crippen LogP contribution in [0.5, 0.6) is 0 Å². The Hall–Kier alpha value is -2.19. The van der Waals surface area contributed by atoms with Gasteiger partial charge in [-0.3, -0.25) is 4.79 Å². The number of nitrogens with one attached hydrogen (secondary N) is 1. The van der Waals surface area contributed by atoms with E-state index in [2.05, 4.69) is 73.0 Å². The zero-order valence-electron chi connectivity index (χ0n) is 46.6. The number of carbonyl (C=O) groups excluding carboxylic acids is 1. The molecule has 8 N–H and O–H groups in total. The van der Waals surface area contributed by atoms with Gasteiger partial charge in [0.05, 0.1) is 25.4 Å². The maximum absolute atomic E-state index is 13.2. The van der Waals surface area contributed by atoms with Crippen molar-refractivity contribution in [3.8, 4) is 0 Å². The molecule has 1 amide bonds. The predicted octanol–water partition coefficient (Wildman–Crippen LogP) is 13.0. The largest absolute Gasteiger partial charge is 0.394 e. The number of amides is 1. The smallest absolute Gasteiger partial charge is 0.249 e. The highest BCUT2D eigenvalue weighted by Gasteiger charge is 2.44. The van der Waals surface area contributed by atoms with Crippen LogP contribution in [0.1, 0.15) is 258 Å². The SMILES string of the molecule is C/C=C/CC/C=C/CC/C=C/CCCC(O)C(O)C(COC1OC(CO)C(O)C(O)C1O)NC(=O)C(O)CCCCCCCCCCCCCCCCCC/C=C\C/C=C\CCCCCCCCCCCCC. The van der Waals surface area contributed by atoms with Gasteiger partial charge in [-0.2, -0.15) is 0 Å². The fourth-order valence-corrected chi connectivity index (χ4v) is 9.45. The lowest BCUT2D eigenvalue weighted by Gasteiger charge is -2.40. The summed E-state index contributed by atoms with van der Waals surface area (Å²) in [5.74, 6) is -0.714. The van der Waals surface area contributed by atoms with Crippen LogP contribution in [-0.2, 0) is 14.3 Å². The zero-order chi connectivity index (χ0) is 53.3. The Balaban J connectivity index is 2.18. The molecule has 1 aliphatic rings. The average Bonchev–Trinajstić information content (AvgIpc) is 3.39. The molecular formula is C62H113NO10. The van der Waals surface area contributed by atoms with Crippen LogP contribution in [0.4, 0.5) is 0 Å². The van der Waals surface area contributed by atoms with E-state index in [1.54, 1.807) is 0 Å². The molecule has 1 heterocycles. The summed E-state index contributed by atoms with van der Waals surface area (Å²) < 4.78 is 11.1. The van der Waals surface area contributed by atoms with Crippen molar-refractivity contribution >= 4 is 5.91 Å². The summed E-state index contributed by atoms with van der Waals surface area (Å²) in [5.41, 5.74) is 0. The Labute approximate surface area is 446 Å². The molecule has 1 fully saturated rings. The molecule has 426 valence electrons. The van der Waals surface area contributed by atoms with E-state index >= 15 is 0 Å². The number of aliphatic hydroxyl groups excluding tert-OH is 7. The number of rotatable bonds is 51. The minimum atomic E-state index is -1.67. The fourth-order valence-electron chi connectivity index (χ4n) is 9.45. The van der Waals surface area contributed by atoms with Crippen LogP contribution < -0.4 is 5.32 Å². The molecule has 0 spiro atoms. The van der Waals surface area contributed by atoms with Crippen LogP contribution in [0.15, 0.2) is 60.8 Å². The van der Waals surface area contributed by atoms with E-state index in [9.17, 15) is 40.5 Å². The molecule has 11 nitrogen and oxygen atoms in total. The van der Waals surface area contributed by atoms with E-state index in [1.165, 1.54) is 161 Å². The van der Waals surface area contributed by atoms with E-state index in [0.29, 0.717) is 19.3 Å². The first-order valence-corrected chi connectivity index (χ1v) is 30.2. The minimum Gasteiger partial charge on any atom is -0.394 e. The number of aliphatic hydroxyl groups is 7. The van der Waals surface area contributed by atoms with Crippen molar-refractivity contribution in [2.75, 3.05) is 13.2 Å². The molecule has 0 aromatic rings. The molecular weight excluding hydrogens is 919 g/mol. The average molecular weight is 1030 g/mol. The van der Waals surface area contributed by atoms with Gasteiger partial charge in [0.1, 0.15) is 36.6 Å². The molecule has 1 aliphatic heterocycles. The van der Waals surface area contributed by atoms with E-state index < -0.39 is 74.2 Å². The highest BCUT2D eigenvalue weighted by atomic mass is 16.7. The molecule has 0 radical (unpaired) electrons. The van der Waals surface area contributed by atoms with Gasteiger partial charge in [-0.15, -0.1) is 0 Å². The molecule has 1 rings (SSSR count). The lowest BCUT2D eigenvalue weighted by atomic mass is 9.98. The topological polar surface area (TPSA) is 189 Å². The van der Waals surface area contributed by atoms with Gasteiger partial charge in [-0.25, -0.2) is 0 Å². The number of unbranched alkanes of at least 4 members (excludes halogenated alkanes) is 30. The third-order valence-electron chi connectivity index (χ3n) is 14.3. The van der Waals surface area contributed by atoms with Gasteiger partial charge in [0, 0.05) is 0 Å². The van der Waals surface area contributed by atoms with Crippen LogP contribution in [0.2, 0.25) is 0 Å². The number of allylic oxidation sites excluding steroid dienone is 10.